The van der Waals surface area contributed by atoms with Crippen LogP contribution in [0.5, 0.6) is 0 Å². The summed E-state index contributed by atoms with van der Waals surface area (Å²) in [5.41, 5.74) is 1.23. The number of benzene rings is 1. The van der Waals surface area contributed by atoms with Gasteiger partial charge in [-0.15, -0.1) is 0 Å². The van der Waals surface area contributed by atoms with Gasteiger partial charge in [-0.05, 0) is 24.6 Å². The van der Waals surface area contributed by atoms with Crippen LogP contribution >= 0.6 is 0 Å². The van der Waals surface area contributed by atoms with Gasteiger partial charge in [0.05, 0.1) is 5.56 Å². The molecule has 0 aliphatic heterocycles. The minimum Gasteiger partial charge on any atom is -0.435 e. The van der Waals surface area contributed by atoms with Crippen LogP contribution in [0.4, 0.5) is 0 Å². The average Bonchev–Trinajstić information content (AvgIpc) is 2.25. The Morgan fingerprint density at radius 1 is 1.31 bits per heavy atom. The van der Waals surface area contributed by atoms with Gasteiger partial charge in [0.2, 0.25) is 0 Å². The van der Waals surface area contributed by atoms with E-state index >= 15 is 0 Å². The summed E-state index contributed by atoms with van der Waals surface area (Å²) >= 11 is 0. The van der Waals surface area contributed by atoms with Crippen molar-refractivity contribution in [2.45, 2.75) is 13.3 Å². The molecule has 1 aromatic rings. The van der Waals surface area contributed by atoms with Crippen LogP contribution in [0.15, 0.2) is 24.3 Å². The lowest BCUT2D eigenvalue weighted by Crippen LogP contribution is -2.08. The number of ketones is 1. The monoisotopic (exact) mass is 222 g/mol. The molecule has 0 atom stereocenters. The van der Waals surface area contributed by atoms with Gasteiger partial charge in [0.25, 0.3) is 0 Å². The van der Waals surface area contributed by atoms with Crippen molar-refractivity contribution in [3.8, 4) is 0 Å². The van der Waals surface area contributed by atoms with Crippen LogP contribution in [0.2, 0.25) is 0 Å². The van der Waals surface area contributed by atoms with Crippen LogP contribution in [-0.2, 0) is 20.7 Å². The number of ether oxygens (including phenoxy) is 2. The summed E-state index contributed by atoms with van der Waals surface area (Å²) in [6, 6.07) is 6.82. The molecule has 1 rings (SSSR count). The molecule has 0 saturated carbocycles. The molecule has 0 saturated heterocycles. The van der Waals surface area contributed by atoms with E-state index in [1.54, 1.807) is 24.3 Å². The first-order chi connectivity index (χ1) is 7.63. The first-order valence-corrected chi connectivity index (χ1v) is 4.88. The maximum atomic E-state index is 11.5. The maximum Gasteiger partial charge on any atom is 0.340 e. The Bertz CT molecular complexity index is 384. The third kappa shape index (κ3) is 3.82. The van der Waals surface area contributed by atoms with Crippen molar-refractivity contribution in [3.63, 3.8) is 0 Å². The molecule has 0 fully saturated rings. The van der Waals surface area contributed by atoms with E-state index in [1.807, 2.05) is 0 Å². The van der Waals surface area contributed by atoms with E-state index in [1.165, 1.54) is 14.0 Å². The lowest BCUT2D eigenvalue weighted by molar-refractivity contribution is -0.116. The number of hydrogen-bond acceptors (Lipinski definition) is 4. The van der Waals surface area contributed by atoms with Gasteiger partial charge in [-0.3, -0.25) is 4.79 Å². The summed E-state index contributed by atoms with van der Waals surface area (Å²) in [6.07, 6.45) is 0.325. The molecule has 0 amide bonds. The molecule has 0 spiro atoms. The zero-order valence-electron chi connectivity index (χ0n) is 9.36. The van der Waals surface area contributed by atoms with Gasteiger partial charge in [0.15, 0.2) is 6.79 Å². The summed E-state index contributed by atoms with van der Waals surface area (Å²) in [5, 5.41) is 0. The van der Waals surface area contributed by atoms with Crippen molar-refractivity contribution in [2.75, 3.05) is 13.9 Å². The molecule has 4 nitrogen and oxygen atoms in total. The van der Waals surface area contributed by atoms with Crippen LogP contribution in [0, 0.1) is 0 Å². The van der Waals surface area contributed by atoms with Crippen LogP contribution in [0.1, 0.15) is 22.8 Å². The number of carbonyl (C=O) groups is 2. The minimum atomic E-state index is -0.452. The molecule has 0 N–H and O–H groups in total. The Morgan fingerprint density at radius 3 is 2.69 bits per heavy atom. The second-order valence-electron chi connectivity index (χ2n) is 3.42. The highest BCUT2D eigenvalue weighted by Crippen LogP contribution is 2.08. The van der Waals surface area contributed by atoms with Gasteiger partial charge < -0.3 is 9.47 Å². The summed E-state index contributed by atoms with van der Waals surface area (Å²) in [5.74, 6) is -0.394. The summed E-state index contributed by atoms with van der Waals surface area (Å²) in [6.45, 7) is 1.44. The van der Waals surface area contributed by atoms with E-state index in [9.17, 15) is 9.59 Å². The van der Waals surface area contributed by atoms with Crippen molar-refractivity contribution >= 4 is 11.8 Å². The standard InChI is InChI=1S/C12H14O4/c1-9(13)6-10-4-3-5-11(7-10)12(14)16-8-15-2/h3-5,7H,6,8H2,1-2H3. The lowest BCUT2D eigenvalue weighted by Gasteiger charge is -2.04. The Hall–Kier alpha value is -1.68. The predicted molar refractivity (Wildman–Crippen MR) is 58.1 cm³/mol. The van der Waals surface area contributed by atoms with Gasteiger partial charge in [0, 0.05) is 13.5 Å². The Labute approximate surface area is 94.2 Å². The number of esters is 1. The van der Waals surface area contributed by atoms with E-state index in [4.69, 9.17) is 4.74 Å². The molecule has 0 aliphatic carbocycles. The smallest absolute Gasteiger partial charge is 0.340 e. The van der Waals surface area contributed by atoms with Crippen molar-refractivity contribution in [3.05, 3.63) is 35.4 Å². The Kier molecular flexibility index (Phi) is 4.66. The van der Waals surface area contributed by atoms with Gasteiger partial charge >= 0.3 is 5.97 Å². The van der Waals surface area contributed by atoms with Crippen LogP contribution in [0.25, 0.3) is 0 Å². The molecule has 86 valence electrons. The van der Waals surface area contributed by atoms with Crippen LogP contribution in [0.3, 0.4) is 0 Å². The summed E-state index contributed by atoms with van der Waals surface area (Å²) in [7, 11) is 1.44. The molecule has 0 radical (unpaired) electrons. The van der Waals surface area contributed by atoms with E-state index < -0.39 is 5.97 Å². The highest BCUT2D eigenvalue weighted by atomic mass is 16.7. The predicted octanol–water partition coefficient (Wildman–Crippen LogP) is 1.58. The topological polar surface area (TPSA) is 52.6 Å². The first kappa shape index (κ1) is 12.4. The van der Waals surface area contributed by atoms with Crippen LogP contribution < -0.4 is 0 Å². The molecule has 0 unspecified atom stereocenters. The van der Waals surface area contributed by atoms with Crippen molar-refractivity contribution in [2.24, 2.45) is 0 Å². The summed E-state index contributed by atoms with van der Waals surface area (Å²) < 4.78 is 9.42. The highest BCUT2D eigenvalue weighted by Gasteiger charge is 2.07. The molecule has 4 heteroatoms. The van der Waals surface area contributed by atoms with Gasteiger partial charge in [-0.1, -0.05) is 12.1 Å². The number of carbonyl (C=O) groups excluding carboxylic acids is 2. The second kappa shape index (κ2) is 6.02. The van der Waals surface area contributed by atoms with Crippen molar-refractivity contribution < 1.29 is 19.1 Å². The fraction of sp³-hybridized carbons (Fsp3) is 0.333. The zero-order valence-corrected chi connectivity index (χ0v) is 9.36. The van der Waals surface area contributed by atoms with E-state index in [0.29, 0.717) is 12.0 Å². The van der Waals surface area contributed by atoms with Gasteiger partial charge in [-0.2, -0.15) is 0 Å². The molecule has 0 aliphatic rings. The number of rotatable bonds is 5. The summed E-state index contributed by atoms with van der Waals surface area (Å²) in [4.78, 5) is 22.4. The molecule has 16 heavy (non-hydrogen) atoms. The first-order valence-electron chi connectivity index (χ1n) is 4.88. The van der Waals surface area contributed by atoms with E-state index in [2.05, 4.69) is 4.74 Å². The molecule has 0 heterocycles. The quantitative estimate of drug-likeness (QED) is 0.560. The third-order valence-corrected chi connectivity index (χ3v) is 1.92. The van der Waals surface area contributed by atoms with Crippen molar-refractivity contribution in [1.82, 2.24) is 0 Å². The second-order valence-corrected chi connectivity index (χ2v) is 3.42. The zero-order chi connectivity index (χ0) is 12.0. The fourth-order valence-corrected chi connectivity index (χ4v) is 1.29. The SMILES string of the molecule is COCOC(=O)c1cccc(CC(C)=O)c1. The average molecular weight is 222 g/mol. The number of Topliss-reactive ketones (excluding diaryl/α,β-unsaturated/α-hetero) is 1. The highest BCUT2D eigenvalue weighted by molar-refractivity contribution is 5.90. The largest absolute Gasteiger partial charge is 0.435 e. The molecular formula is C12H14O4. The molecule has 0 bridgehead atoms. The normalized spacial score (nSPS) is 9.88. The minimum absolute atomic E-state index is 0.0578. The maximum absolute atomic E-state index is 11.5. The van der Waals surface area contributed by atoms with E-state index in [0.717, 1.165) is 5.56 Å². The molecule has 1 aromatic carbocycles. The van der Waals surface area contributed by atoms with E-state index in [-0.39, 0.29) is 12.6 Å². The molecular weight excluding hydrogens is 208 g/mol. The Balaban J connectivity index is 2.73. The number of hydrogen-bond donors (Lipinski definition) is 0. The van der Waals surface area contributed by atoms with Gasteiger partial charge in [0.1, 0.15) is 5.78 Å². The number of methoxy groups -OCH3 is 1. The third-order valence-electron chi connectivity index (χ3n) is 1.92. The van der Waals surface area contributed by atoms with Crippen LogP contribution in [-0.4, -0.2) is 25.7 Å². The van der Waals surface area contributed by atoms with Gasteiger partial charge in [-0.25, -0.2) is 4.79 Å². The lowest BCUT2D eigenvalue weighted by atomic mass is 10.1. The Morgan fingerprint density at radius 2 is 2.06 bits per heavy atom. The van der Waals surface area contributed by atoms with Crippen molar-refractivity contribution in [1.29, 1.82) is 0 Å². The molecule has 0 aromatic heterocycles. The fourth-order valence-electron chi connectivity index (χ4n) is 1.29.